The van der Waals surface area contributed by atoms with E-state index in [0.29, 0.717) is 0 Å². The third-order valence-electron chi connectivity index (χ3n) is 6.25. The number of esters is 2. The Bertz CT molecular complexity index is 2130. The van der Waals surface area contributed by atoms with Crippen LogP contribution >= 0.6 is 0 Å². The zero-order valence-corrected chi connectivity index (χ0v) is 34.4. The summed E-state index contributed by atoms with van der Waals surface area (Å²) in [5.74, 6) is -2.54. The van der Waals surface area contributed by atoms with Gasteiger partial charge in [-0.1, -0.05) is 18.2 Å². The molecule has 49 heavy (non-hydrogen) atoms. The predicted molar refractivity (Wildman–Crippen MR) is 163 cm³/mol. The van der Waals surface area contributed by atoms with E-state index in [0.717, 1.165) is 34.0 Å². The summed E-state index contributed by atoms with van der Waals surface area (Å²) in [5.41, 5.74) is -1.43. The van der Waals surface area contributed by atoms with Gasteiger partial charge in [-0.3, -0.25) is 14.7 Å². The minimum atomic E-state index is -4.74. The number of aromatic nitrogens is 2. The topological polar surface area (TPSA) is 237 Å². The first-order valence-electron chi connectivity index (χ1n) is 13.5. The molecule has 1 aliphatic heterocycles. The van der Waals surface area contributed by atoms with Crippen LogP contribution in [-0.4, -0.2) is 72.5 Å². The van der Waals surface area contributed by atoms with Crippen LogP contribution in [0.1, 0.15) is 29.9 Å². The molecule has 2 aromatic carbocycles. The van der Waals surface area contributed by atoms with E-state index in [4.69, 9.17) is 9.47 Å². The number of hydrogen-bond donors (Lipinski definition) is 1. The maximum Gasteiger partial charge on any atom is 1.00 e. The summed E-state index contributed by atoms with van der Waals surface area (Å²) < 4.78 is 78.5. The smallest absolute Gasteiger partial charge is 0.744 e. The molecular weight excluding hydrogens is 739 g/mol. The molecule has 0 unspecified atom stereocenters. The Labute approximate surface area is 365 Å². The van der Waals surface area contributed by atoms with Gasteiger partial charge in [-0.15, -0.1) is 0 Å². The van der Waals surface area contributed by atoms with Gasteiger partial charge in [0.25, 0.3) is 11.5 Å². The Hall–Kier alpha value is -2.16. The van der Waals surface area contributed by atoms with E-state index >= 15 is 0 Å². The number of nitrogens with one attached hydrogen (secondary N) is 1. The summed E-state index contributed by atoms with van der Waals surface area (Å²) in [7, 11) is -9.47. The summed E-state index contributed by atoms with van der Waals surface area (Å²) in [4.78, 5) is 50.5. The van der Waals surface area contributed by atoms with Crippen molar-refractivity contribution in [2.24, 2.45) is 5.10 Å². The van der Waals surface area contributed by atoms with Gasteiger partial charge in [0.15, 0.2) is 11.4 Å². The van der Waals surface area contributed by atoms with Crippen molar-refractivity contribution < 1.29 is 153 Å². The van der Waals surface area contributed by atoms with E-state index in [-0.39, 0.29) is 150 Å². The fourth-order valence-electron chi connectivity index (χ4n) is 4.12. The summed E-state index contributed by atoms with van der Waals surface area (Å²) in [6, 6.07) is 8.72. The second-order valence-electron chi connectivity index (χ2n) is 9.27. The molecule has 0 atom stereocenters. The van der Waals surface area contributed by atoms with Crippen molar-refractivity contribution in [1.29, 1.82) is 0 Å². The second-order valence-corrected chi connectivity index (χ2v) is 12.0. The molecule has 1 aromatic heterocycles. The van der Waals surface area contributed by atoms with Crippen molar-refractivity contribution in [3.05, 3.63) is 100 Å². The SMILES string of the molecule is CCOC(=O)C1=NN(c2ccc(S(=O)(=O)[O-])cc2)C(=O)\C1=C/C=C/C=C/c1c(C(=O)OCC)[nH]n(-c2ccc(S(=O)(=O)[O-])cc2)c1=O.[K+].[K+]. The van der Waals surface area contributed by atoms with Gasteiger partial charge in [-0.05, 0) is 74.5 Å². The number of carbonyl (C=O) groups excluding carboxylic acids is 3. The van der Waals surface area contributed by atoms with E-state index in [1.807, 2.05) is 0 Å². The molecule has 0 fully saturated rings. The molecule has 0 radical (unpaired) electrons. The minimum absolute atomic E-state index is 0. The number of aromatic amines is 1. The molecule has 246 valence electrons. The Morgan fingerprint density at radius 3 is 1.82 bits per heavy atom. The summed E-state index contributed by atoms with van der Waals surface area (Å²) in [6.45, 7) is 3.09. The third-order valence-corrected chi connectivity index (χ3v) is 7.95. The van der Waals surface area contributed by atoms with Gasteiger partial charge >= 0.3 is 115 Å². The van der Waals surface area contributed by atoms with E-state index in [1.54, 1.807) is 13.8 Å². The van der Waals surface area contributed by atoms with Gasteiger partial charge < -0.3 is 18.6 Å². The molecule has 0 bridgehead atoms. The number of benzene rings is 2. The Morgan fingerprint density at radius 1 is 0.796 bits per heavy atom. The first-order valence-corrected chi connectivity index (χ1v) is 16.3. The van der Waals surface area contributed by atoms with Gasteiger partial charge in [-0.2, -0.15) is 10.1 Å². The molecule has 1 aliphatic rings. The van der Waals surface area contributed by atoms with Crippen LogP contribution in [0, 0.1) is 0 Å². The van der Waals surface area contributed by atoms with Crippen molar-refractivity contribution in [2.45, 2.75) is 23.6 Å². The van der Waals surface area contributed by atoms with Crippen LogP contribution in [0.2, 0.25) is 0 Å². The monoisotopic (exact) mass is 762 g/mol. The zero-order chi connectivity index (χ0) is 34.5. The average Bonchev–Trinajstić information content (AvgIpc) is 3.52. The van der Waals surface area contributed by atoms with Crippen LogP contribution in [0.3, 0.4) is 0 Å². The van der Waals surface area contributed by atoms with Crippen molar-refractivity contribution >= 4 is 55.6 Å². The molecule has 2 heterocycles. The molecule has 16 nitrogen and oxygen atoms in total. The number of H-pyrrole nitrogens is 1. The fraction of sp³-hybridized carbons (Fsp3) is 0.138. The van der Waals surface area contributed by atoms with Gasteiger partial charge in [0.2, 0.25) is 0 Å². The van der Waals surface area contributed by atoms with E-state index < -0.39 is 53.4 Å². The maximum atomic E-state index is 13.2. The molecule has 1 N–H and O–H groups in total. The molecule has 4 rings (SSSR count). The van der Waals surface area contributed by atoms with Gasteiger partial charge in [0, 0.05) is 0 Å². The summed E-state index contributed by atoms with van der Waals surface area (Å²) >= 11 is 0. The van der Waals surface area contributed by atoms with Crippen LogP contribution in [0.5, 0.6) is 0 Å². The first kappa shape index (κ1) is 43.0. The van der Waals surface area contributed by atoms with Crippen LogP contribution in [0.15, 0.2) is 98.1 Å². The van der Waals surface area contributed by atoms with Crippen LogP contribution in [0.25, 0.3) is 11.8 Å². The Morgan fingerprint density at radius 2 is 1.31 bits per heavy atom. The molecule has 0 spiro atoms. The number of hydrazone groups is 1. The number of hydrogen-bond acceptors (Lipinski definition) is 13. The molecule has 20 heteroatoms. The average molecular weight is 763 g/mol. The molecule has 0 aliphatic carbocycles. The van der Waals surface area contributed by atoms with Crippen molar-refractivity contribution in [2.75, 3.05) is 18.2 Å². The molecule has 3 aromatic rings. The maximum absolute atomic E-state index is 13.2. The molecule has 0 saturated heterocycles. The normalized spacial score (nSPS) is 14.1. The zero-order valence-electron chi connectivity index (χ0n) is 26.5. The molecule has 1 amide bonds. The quantitative estimate of drug-likeness (QED) is 0.0641. The summed E-state index contributed by atoms with van der Waals surface area (Å²) in [5, 5.41) is 7.45. The summed E-state index contributed by atoms with van der Waals surface area (Å²) in [6.07, 6.45) is 6.57. The number of nitrogens with zero attached hydrogens (tertiary/aromatic N) is 3. The number of anilines is 1. The fourth-order valence-corrected chi connectivity index (χ4v) is 5.06. The van der Waals surface area contributed by atoms with Crippen molar-refractivity contribution in [3.8, 4) is 5.69 Å². The third kappa shape index (κ3) is 10.4. The first-order chi connectivity index (χ1) is 22.2. The Kier molecular flexibility index (Phi) is 16.1. The number of carbonyl (C=O) groups is 3. The van der Waals surface area contributed by atoms with Crippen LogP contribution in [0.4, 0.5) is 5.69 Å². The number of ether oxygens (including phenoxy) is 2. The minimum Gasteiger partial charge on any atom is -0.744 e. The molecule has 0 saturated carbocycles. The van der Waals surface area contributed by atoms with E-state index in [9.17, 15) is 45.1 Å². The number of amides is 1. The van der Waals surface area contributed by atoms with Gasteiger partial charge in [0.1, 0.15) is 20.2 Å². The predicted octanol–water partition coefficient (Wildman–Crippen LogP) is -4.38. The van der Waals surface area contributed by atoms with Crippen LogP contribution < -0.4 is 113 Å². The number of allylic oxidation sites excluding steroid dienone is 4. The van der Waals surface area contributed by atoms with Crippen molar-refractivity contribution in [3.63, 3.8) is 0 Å². The standard InChI is InChI=1S/C29H26N4O12S2.2K/c1-3-44-28(36)24-22(26(34)32(30-24)18-10-14-20(15-11-18)46(38,39)40)8-6-5-7-9-23-25(29(37)45-4-2)31-33(27(23)35)19-12-16-21(17-13-19)47(41,42)43;;/h5-17,30H,3-4H2,1-2H3,(H,38,39,40)(H,41,42,43);;/q;2*+1/p-2/b7-5+,8-6+,23-9-;;. The number of rotatable bonds is 11. The van der Waals surface area contributed by atoms with Gasteiger partial charge in [-0.25, -0.2) is 31.1 Å². The van der Waals surface area contributed by atoms with Gasteiger partial charge in [0.05, 0.1) is 45.5 Å². The van der Waals surface area contributed by atoms with E-state index in [1.165, 1.54) is 54.6 Å². The van der Waals surface area contributed by atoms with Crippen molar-refractivity contribution in [1.82, 2.24) is 9.78 Å². The van der Waals surface area contributed by atoms with E-state index in [2.05, 4.69) is 10.2 Å². The largest absolute Gasteiger partial charge is 1.00 e. The second kappa shape index (κ2) is 18.4. The Balaban J connectivity index is 0.00000417. The van der Waals surface area contributed by atoms with Crippen LogP contribution in [-0.2, 0) is 39.3 Å². The molecular formula is C29H24K2N4O12S2.